The first-order valence-corrected chi connectivity index (χ1v) is 7.54. The highest BCUT2D eigenvalue weighted by molar-refractivity contribution is 7.00. The minimum atomic E-state index is -0.852. The predicted molar refractivity (Wildman–Crippen MR) is 89.1 cm³/mol. The molecule has 2 aromatic heterocycles. The zero-order valence-electron chi connectivity index (χ0n) is 12.9. The Hall–Kier alpha value is -2.63. The van der Waals surface area contributed by atoms with Crippen molar-refractivity contribution in [1.82, 2.24) is 13.3 Å². The number of methoxy groups -OCH3 is 1. The molecule has 0 spiro atoms. The van der Waals surface area contributed by atoms with Crippen LogP contribution in [0.4, 0.5) is 4.39 Å². The standard InChI is InChI=1S/C15H9ClFN3O3S/c1-3-6-20-14-11(18-24-19-14)12(21)10(15(20)22)9-8(17)5-4-7(16)13(9)23-2/h1,4-5,21H,6H2,2H3/i2D. The molecular formula is C15H9ClFN3O3S. The van der Waals surface area contributed by atoms with E-state index in [1.54, 1.807) is 0 Å². The van der Waals surface area contributed by atoms with Crippen molar-refractivity contribution in [3.63, 3.8) is 0 Å². The highest BCUT2D eigenvalue weighted by Crippen LogP contribution is 2.41. The summed E-state index contributed by atoms with van der Waals surface area (Å²) in [5.41, 5.74) is -1.43. The molecule has 3 rings (SSSR count). The second-order valence-electron chi connectivity index (χ2n) is 4.63. The van der Waals surface area contributed by atoms with Crippen LogP contribution in [0.2, 0.25) is 5.02 Å². The molecule has 1 N–H and O–H groups in total. The van der Waals surface area contributed by atoms with Crippen LogP contribution in [0.3, 0.4) is 0 Å². The molecule has 0 atom stereocenters. The van der Waals surface area contributed by atoms with Gasteiger partial charge in [0, 0.05) is 0 Å². The predicted octanol–water partition coefficient (Wildman–Crippen LogP) is 2.66. The van der Waals surface area contributed by atoms with Crippen molar-refractivity contribution in [2.24, 2.45) is 0 Å². The molecule has 24 heavy (non-hydrogen) atoms. The fraction of sp³-hybridized carbons (Fsp3) is 0.133. The van der Waals surface area contributed by atoms with Crippen LogP contribution in [0.15, 0.2) is 16.9 Å². The summed E-state index contributed by atoms with van der Waals surface area (Å²) >= 11 is 6.78. The molecule has 0 unspecified atom stereocenters. The Morgan fingerprint density at radius 3 is 3.04 bits per heavy atom. The Labute approximate surface area is 145 Å². The molecule has 0 saturated heterocycles. The zero-order valence-corrected chi connectivity index (χ0v) is 13.5. The molecular weight excluding hydrogens is 357 g/mol. The molecule has 9 heteroatoms. The van der Waals surface area contributed by atoms with Crippen LogP contribution in [0.25, 0.3) is 22.3 Å². The van der Waals surface area contributed by atoms with E-state index in [4.69, 9.17) is 24.1 Å². The monoisotopic (exact) mass is 366 g/mol. The molecule has 122 valence electrons. The number of nitrogens with zero attached hydrogens (tertiary/aromatic N) is 3. The van der Waals surface area contributed by atoms with Gasteiger partial charge in [-0.05, 0) is 12.1 Å². The van der Waals surface area contributed by atoms with Gasteiger partial charge in [-0.15, -0.1) is 6.42 Å². The van der Waals surface area contributed by atoms with Gasteiger partial charge in [-0.3, -0.25) is 9.36 Å². The minimum Gasteiger partial charge on any atom is -0.505 e. The minimum absolute atomic E-state index is 0.00560. The third kappa shape index (κ3) is 2.29. The van der Waals surface area contributed by atoms with Crippen molar-refractivity contribution in [3.05, 3.63) is 33.3 Å². The molecule has 1 aromatic carbocycles. The van der Waals surface area contributed by atoms with E-state index >= 15 is 0 Å². The summed E-state index contributed by atoms with van der Waals surface area (Å²) in [6.07, 6.45) is 5.29. The number of fused-ring (bicyclic) bond motifs is 1. The van der Waals surface area contributed by atoms with Crippen molar-refractivity contribution in [3.8, 4) is 35.0 Å². The van der Waals surface area contributed by atoms with Crippen molar-refractivity contribution in [1.29, 1.82) is 0 Å². The van der Waals surface area contributed by atoms with E-state index in [0.717, 1.165) is 22.4 Å². The second kappa shape index (κ2) is 6.11. The van der Waals surface area contributed by atoms with Gasteiger partial charge in [-0.25, -0.2) is 4.39 Å². The number of aromatic hydroxyl groups is 1. The van der Waals surface area contributed by atoms with Crippen molar-refractivity contribution >= 4 is 34.5 Å². The number of pyridine rings is 1. The van der Waals surface area contributed by atoms with Crippen LogP contribution in [0.5, 0.6) is 11.5 Å². The van der Waals surface area contributed by atoms with Gasteiger partial charge in [0.05, 0.1) is 42.9 Å². The number of terminal acetylenes is 1. The van der Waals surface area contributed by atoms with Crippen molar-refractivity contribution < 1.29 is 15.6 Å². The lowest BCUT2D eigenvalue weighted by Crippen LogP contribution is -2.22. The highest BCUT2D eigenvalue weighted by atomic mass is 35.5. The zero-order chi connectivity index (χ0) is 18.1. The normalized spacial score (nSPS) is 11.3. The second-order valence-corrected chi connectivity index (χ2v) is 5.57. The molecule has 0 bridgehead atoms. The topological polar surface area (TPSA) is 77.2 Å². The van der Waals surface area contributed by atoms with Gasteiger partial charge in [-0.1, -0.05) is 17.5 Å². The van der Waals surface area contributed by atoms with Crippen LogP contribution in [-0.2, 0) is 6.54 Å². The van der Waals surface area contributed by atoms with Crippen LogP contribution in [-0.4, -0.2) is 25.5 Å². The Morgan fingerprint density at radius 2 is 2.33 bits per heavy atom. The van der Waals surface area contributed by atoms with E-state index < -0.39 is 29.8 Å². The quantitative estimate of drug-likeness (QED) is 0.721. The van der Waals surface area contributed by atoms with E-state index in [-0.39, 0.29) is 34.0 Å². The van der Waals surface area contributed by atoms with Crippen LogP contribution < -0.4 is 10.3 Å². The van der Waals surface area contributed by atoms with E-state index in [1.165, 1.54) is 6.07 Å². The van der Waals surface area contributed by atoms with E-state index in [9.17, 15) is 14.3 Å². The van der Waals surface area contributed by atoms with Crippen molar-refractivity contribution in [2.75, 3.05) is 7.09 Å². The lowest BCUT2D eigenvalue weighted by molar-refractivity contribution is 0.412. The first-order chi connectivity index (χ1) is 12.0. The van der Waals surface area contributed by atoms with Gasteiger partial charge in [0.15, 0.2) is 16.9 Å². The molecule has 0 aliphatic rings. The molecule has 0 aliphatic heterocycles. The molecule has 0 amide bonds. The number of aromatic nitrogens is 3. The third-order valence-corrected chi connectivity index (χ3v) is 4.17. The van der Waals surface area contributed by atoms with Gasteiger partial charge >= 0.3 is 0 Å². The molecule has 0 radical (unpaired) electrons. The van der Waals surface area contributed by atoms with E-state index in [2.05, 4.69) is 14.7 Å². The number of benzene rings is 1. The van der Waals surface area contributed by atoms with Gasteiger partial charge in [-0.2, -0.15) is 8.75 Å². The molecule has 0 saturated carbocycles. The number of hydrogen-bond donors (Lipinski definition) is 1. The lowest BCUT2D eigenvalue weighted by atomic mass is 10.0. The number of hydrogen-bond acceptors (Lipinski definition) is 6. The number of halogens is 2. The number of rotatable bonds is 3. The third-order valence-electron chi connectivity index (χ3n) is 3.35. The van der Waals surface area contributed by atoms with E-state index in [1.807, 2.05) is 0 Å². The molecule has 0 fully saturated rings. The van der Waals surface area contributed by atoms with Crippen LogP contribution in [0, 0.1) is 18.2 Å². The first kappa shape index (κ1) is 14.9. The van der Waals surface area contributed by atoms with Gasteiger partial charge < -0.3 is 9.84 Å². The SMILES string of the molecule is [2H]COc1c(Cl)ccc(F)c1-c1c(O)c2nsnc2n(CC#C)c1=O. The largest absolute Gasteiger partial charge is 0.505 e. The molecule has 0 aliphatic carbocycles. The molecule has 6 nitrogen and oxygen atoms in total. The maximum absolute atomic E-state index is 14.5. The average molecular weight is 367 g/mol. The first-order valence-electron chi connectivity index (χ1n) is 7.13. The summed E-state index contributed by atoms with van der Waals surface area (Å²) in [7, 11) is -0.560. The Morgan fingerprint density at radius 1 is 1.54 bits per heavy atom. The maximum Gasteiger partial charge on any atom is 0.265 e. The number of ether oxygens (including phenoxy) is 1. The summed E-state index contributed by atoms with van der Waals surface area (Å²) in [5, 5.41) is 10.5. The highest BCUT2D eigenvalue weighted by Gasteiger charge is 2.26. The van der Waals surface area contributed by atoms with Gasteiger partial charge in [0.2, 0.25) is 0 Å². The van der Waals surface area contributed by atoms with Gasteiger partial charge in [0.1, 0.15) is 11.6 Å². The summed E-state index contributed by atoms with van der Waals surface area (Å²) in [6.45, 7) is -0.148. The Balaban J connectivity index is 2.48. The molecule has 3 aromatic rings. The van der Waals surface area contributed by atoms with Crippen molar-refractivity contribution in [2.45, 2.75) is 6.54 Å². The van der Waals surface area contributed by atoms with E-state index in [0.29, 0.717) is 0 Å². The van der Waals surface area contributed by atoms with Crippen LogP contribution in [0.1, 0.15) is 1.37 Å². The Bertz CT molecular complexity index is 1080. The summed E-state index contributed by atoms with van der Waals surface area (Å²) in [6, 6.07) is 2.26. The average Bonchev–Trinajstić information content (AvgIpc) is 3.07. The summed E-state index contributed by atoms with van der Waals surface area (Å²) in [4.78, 5) is 12.8. The molecule has 2 heterocycles. The van der Waals surface area contributed by atoms with Crippen LogP contribution >= 0.6 is 23.3 Å². The lowest BCUT2D eigenvalue weighted by Gasteiger charge is -2.14. The maximum atomic E-state index is 14.5. The summed E-state index contributed by atoms with van der Waals surface area (Å²) in [5.74, 6) is 0.675. The fourth-order valence-corrected chi connectivity index (χ4v) is 3.10. The van der Waals surface area contributed by atoms with Gasteiger partial charge in [0.25, 0.3) is 5.56 Å². The smallest absolute Gasteiger partial charge is 0.265 e. The summed E-state index contributed by atoms with van der Waals surface area (Å²) < 4.78 is 35.8. The Kier molecular flexibility index (Phi) is 3.80. The fourth-order valence-electron chi connectivity index (χ4n) is 2.33.